The molecule has 12 nitrogen and oxygen atoms in total. The molecule has 0 bridgehead atoms. The SMILES string of the molecule is O=C(COc1ccccc1)NC(c1cc(Cl)c2cccnc2c1O)c1cccc2[nH]ccc12.O=C(COc1ccccc1)NC(c1cc(Cl)c2cccnc2c1O)c1cccc2cc[nH]c12. The molecule has 66 heavy (non-hydrogen) atoms. The molecule has 0 radical (unpaired) electrons. The summed E-state index contributed by atoms with van der Waals surface area (Å²) in [6, 6.07) is 42.7. The Bertz CT molecular complexity index is 3120. The standard InChI is InChI=1S/2C26H20ClN3O3/c27-21-14-20(26(32)25-18(21)10-5-12-28-25)24(19-9-4-6-16-11-13-29-23(16)19)30-22(31)15-33-17-7-2-1-3-8-17;27-21-14-20(26(32)25-19(21)9-5-12-29-25)24(18-8-4-10-22-17(18)11-13-28-22)30-23(31)15-33-16-6-2-1-3-7-16/h1-14,24,29,32H,15H2,(H,30,31);1-14,24,28,32H,15H2,(H,30,31). The molecule has 10 rings (SSSR count). The van der Waals surface area contributed by atoms with E-state index in [1.807, 2.05) is 97.3 Å². The number of benzene rings is 6. The molecule has 6 N–H and O–H groups in total. The maximum absolute atomic E-state index is 12.9. The molecule has 4 aromatic heterocycles. The minimum atomic E-state index is -0.692. The lowest BCUT2D eigenvalue weighted by Crippen LogP contribution is -2.33. The Balaban J connectivity index is 0.000000166. The van der Waals surface area contributed by atoms with E-state index in [2.05, 4.69) is 30.6 Å². The monoisotopic (exact) mass is 914 g/mol. The summed E-state index contributed by atoms with van der Waals surface area (Å²) >= 11 is 13.1. The smallest absolute Gasteiger partial charge is 0.258 e. The van der Waals surface area contributed by atoms with Gasteiger partial charge in [0.2, 0.25) is 0 Å². The number of hydrogen-bond donors (Lipinski definition) is 6. The lowest BCUT2D eigenvalue weighted by Gasteiger charge is -2.23. The number of carbonyl (C=O) groups excluding carboxylic acids is 2. The summed E-state index contributed by atoms with van der Waals surface area (Å²) < 4.78 is 11.2. The number of ether oxygens (including phenoxy) is 2. The number of nitrogens with zero attached hydrogens (tertiary/aromatic N) is 2. The van der Waals surface area contributed by atoms with Crippen molar-refractivity contribution in [2.45, 2.75) is 12.1 Å². The van der Waals surface area contributed by atoms with Crippen molar-refractivity contribution in [3.05, 3.63) is 203 Å². The summed E-state index contributed by atoms with van der Waals surface area (Å²) in [5.41, 5.74) is 5.00. The van der Waals surface area contributed by atoms with Crippen molar-refractivity contribution < 1.29 is 29.3 Å². The number of carbonyl (C=O) groups is 2. The number of amides is 2. The minimum absolute atomic E-state index is 0.0307. The second-order valence-corrected chi connectivity index (χ2v) is 16.0. The van der Waals surface area contributed by atoms with Gasteiger partial charge in [-0.25, -0.2) is 0 Å². The largest absolute Gasteiger partial charge is 0.505 e. The Morgan fingerprint density at radius 3 is 1.64 bits per heavy atom. The van der Waals surface area contributed by atoms with Crippen molar-refractivity contribution in [2.75, 3.05) is 13.2 Å². The molecule has 2 atom stereocenters. The number of aromatic hydroxyl groups is 2. The van der Waals surface area contributed by atoms with Crippen LogP contribution in [-0.4, -0.2) is 55.2 Å². The maximum Gasteiger partial charge on any atom is 0.258 e. The van der Waals surface area contributed by atoms with Crippen LogP contribution in [0.5, 0.6) is 23.0 Å². The Labute approximate surface area is 387 Å². The average molecular weight is 916 g/mol. The fraction of sp³-hybridized carbons (Fsp3) is 0.0769. The van der Waals surface area contributed by atoms with Crippen molar-refractivity contribution >= 4 is 78.6 Å². The highest BCUT2D eigenvalue weighted by molar-refractivity contribution is 6.36. The lowest BCUT2D eigenvalue weighted by atomic mass is 9.94. The molecule has 0 spiro atoms. The Hall–Kier alpha value is -8.06. The van der Waals surface area contributed by atoms with Gasteiger partial charge in [0.15, 0.2) is 13.2 Å². The van der Waals surface area contributed by atoms with Gasteiger partial charge in [-0.3, -0.25) is 19.6 Å². The van der Waals surface area contributed by atoms with E-state index in [0.29, 0.717) is 54.5 Å². The third-order valence-electron chi connectivity index (χ3n) is 11.0. The van der Waals surface area contributed by atoms with Gasteiger partial charge in [-0.05, 0) is 89.8 Å². The number of aromatic nitrogens is 4. The van der Waals surface area contributed by atoms with Crippen molar-refractivity contribution in [1.82, 2.24) is 30.6 Å². The summed E-state index contributed by atoms with van der Waals surface area (Å²) in [6.07, 6.45) is 6.85. The predicted molar refractivity (Wildman–Crippen MR) is 257 cm³/mol. The van der Waals surface area contributed by atoms with E-state index in [4.69, 9.17) is 32.7 Å². The molecule has 6 aromatic carbocycles. The van der Waals surface area contributed by atoms with E-state index in [1.165, 1.54) is 0 Å². The van der Waals surface area contributed by atoms with Gasteiger partial charge >= 0.3 is 0 Å². The molecule has 2 amide bonds. The molecule has 0 aliphatic rings. The summed E-state index contributed by atoms with van der Waals surface area (Å²) in [5, 5.41) is 32.3. The van der Waals surface area contributed by atoms with Gasteiger partial charge in [-0.15, -0.1) is 0 Å². The third kappa shape index (κ3) is 9.14. The molecule has 14 heteroatoms. The normalized spacial score (nSPS) is 12.0. The van der Waals surface area contributed by atoms with Crippen molar-refractivity contribution in [3.8, 4) is 23.0 Å². The highest BCUT2D eigenvalue weighted by Crippen LogP contribution is 2.41. The summed E-state index contributed by atoms with van der Waals surface area (Å²) in [4.78, 5) is 40.9. The maximum atomic E-state index is 12.9. The summed E-state index contributed by atoms with van der Waals surface area (Å²) in [7, 11) is 0. The number of hydrogen-bond acceptors (Lipinski definition) is 8. The topological polar surface area (TPSA) is 174 Å². The van der Waals surface area contributed by atoms with Gasteiger partial charge in [0, 0.05) is 63.2 Å². The number of nitrogens with one attached hydrogen (secondary N) is 4. The second-order valence-electron chi connectivity index (χ2n) is 15.2. The number of rotatable bonds is 12. The van der Waals surface area contributed by atoms with Crippen LogP contribution in [0.1, 0.15) is 34.3 Å². The van der Waals surface area contributed by atoms with Crippen LogP contribution in [0.4, 0.5) is 0 Å². The first kappa shape index (κ1) is 43.2. The van der Waals surface area contributed by atoms with Crippen molar-refractivity contribution in [3.63, 3.8) is 0 Å². The van der Waals surface area contributed by atoms with Gasteiger partial charge in [0.25, 0.3) is 11.8 Å². The summed E-state index contributed by atoms with van der Waals surface area (Å²) in [6.45, 7) is -0.356. The average Bonchev–Trinajstić information content (AvgIpc) is 4.06. The zero-order valence-corrected chi connectivity index (χ0v) is 36.4. The van der Waals surface area contributed by atoms with Crippen LogP contribution in [0, 0.1) is 0 Å². The first-order valence-electron chi connectivity index (χ1n) is 20.8. The zero-order chi connectivity index (χ0) is 45.6. The van der Waals surface area contributed by atoms with E-state index in [9.17, 15) is 19.8 Å². The van der Waals surface area contributed by atoms with Crippen LogP contribution in [-0.2, 0) is 9.59 Å². The van der Waals surface area contributed by atoms with Gasteiger partial charge in [0.1, 0.15) is 34.0 Å². The fourth-order valence-electron chi connectivity index (χ4n) is 7.95. The van der Waals surface area contributed by atoms with E-state index >= 15 is 0 Å². The number of H-pyrrole nitrogens is 2. The molecular formula is C52H40Cl2N6O6. The van der Waals surface area contributed by atoms with Crippen LogP contribution in [0.2, 0.25) is 10.0 Å². The second kappa shape index (κ2) is 19.4. The Morgan fingerprint density at radius 1 is 0.545 bits per heavy atom. The molecule has 4 heterocycles. The number of pyridine rings is 2. The van der Waals surface area contributed by atoms with Gasteiger partial charge in [-0.2, -0.15) is 0 Å². The summed E-state index contributed by atoms with van der Waals surface area (Å²) in [5.74, 6) is 0.441. The molecule has 0 saturated carbocycles. The van der Waals surface area contributed by atoms with Crippen LogP contribution < -0.4 is 20.1 Å². The van der Waals surface area contributed by atoms with Crippen LogP contribution in [0.15, 0.2) is 170 Å². The number of halogens is 2. The van der Waals surface area contributed by atoms with Crippen molar-refractivity contribution in [1.29, 1.82) is 0 Å². The van der Waals surface area contributed by atoms with Crippen LogP contribution in [0.3, 0.4) is 0 Å². The lowest BCUT2D eigenvalue weighted by molar-refractivity contribution is -0.124. The van der Waals surface area contributed by atoms with E-state index in [1.54, 1.807) is 73.1 Å². The van der Waals surface area contributed by atoms with E-state index in [-0.39, 0.29) is 36.5 Å². The highest BCUT2D eigenvalue weighted by atomic mass is 35.5. The molecule has 10 aromatic rings. The number of aromatic amines is 2. The first-order chi connectivity index (χ1) is 32.2. The zero-order valence-electron chi connectivity index (χ0n) is 34.9. The number of phenolic OH excluding ortho intramolecular Hbond substituents is 2. The molecule has 0 aliphatic heterocycles. The number of phenols is 2. The predicted octanol–water partition coefficient (Wildman–Crippen LogP) is 10.7. The molecule has 0 aliphatic carbocycles. The van der Waals surface area contributed by atoms with Gasteiger partial charge < -0.3 is 40.3 Å². The molecule has 328 valence electrons. The highest BCUT2D eigenvalue weighted by Gasteiger charge is 2.27. The van der Waals surface area contributed by atoms with E-state index < -0.39 is 12.1 Å². The minimum Gasteiger partial charge on any atom is -0.505 e. The quantitative estimate of drug-likeness (QED) is 0.0702. The molecule has 0 fully saturated rings. The number of fused-ring (bicyclic) bond motifs is 4. The Morgan fingerprint density at radius 2 is 1.06 bits per heavy atom. The Kier molecular flexibility index (Phi) is 12.7. The third-order valence-corrected chi connectivity index (χ3v) is 11.6. The van der Waals surface area contributed by atoms with Gasteiger partial charge in [-0.1, -0.05) is 89.9 Å². The molecule has 2 unspecified atom stereocenters. The van der Waals surface area contributed by atoms with Crippen LogP contribution in [0.25, 0.3) is 43.6 Å². The van der Waals surface area contributed by atoms with Crippen LogP contribution >= 0.6 is 23.2 Å². The first-order valence-corrected chi connectivity index (χ1v) is 21.6. The number of para-hydroxylation sites is 3. The van der Waals surface area contributed by atoms with E-state index in [0.717, 1.165) is 32.9 Å². The van der Waals surface area contributed by atoms with Crippen molar-refractivity contribution in [2.24, 2.45) is 0 Å². The molecular weight excluding hydrogens is 876 g/mol. The fourth-order valence-corrected chi connectivity index (χ4v) is 8.49. The van der Waals surface area contributed by atoms with Gasteiger partial charge in [0.05, 0.1) is 27.6 Å². The molecule has 0 saturated heterocycles.